The Balaban J connectivity index is 1.65. The minimum atomic E-state index is -3.65. The van der Waals surface area contributed by atoms with Gasteiger partial charge in [0.25, 0.3) is 11.8 Å². The van der Waals surface area contributed by atoms with Crippen molar-refractivity contribution in [1.29, 1.82) is 0 Å². The summed E-state index contributed by atoms with van der Waals surface area (Å²) < 4.78 is 33.8. The van der Waals surface area contributed by atoms with Gasteiger partial charge in [0.2, 0.25) is 10.0 Å². The highest BCUT2D eigenvalue weighted by Gasteiger charge is 2.28. The van der Waals surface area contributed by atoms with Crippen LogP contribution in [-0.2, 0) is 17.1 Å². The molecule has 162 valence electrons. The van der Waals surface area contributed by atoms with E-state index in [9.17, 15) is 18.0 Å². The molecule has 0 saturated carbocycles. The van der Waals surface area contributed by atoms with Crippen LogP contribution in [0.2, 0.25) is 0 Å². The standard InChI is InChI=1S/C20H26N4O5S/c1-3-29-16-9-7-15(8-10-16)19(25)21-22-20(26)18-13-17(14-23(18)2)30(27,28)24-11-5-4-6-12-24/h7-10,13-14H,3-6,11-12H2,1-2H3,(H,21,25)(H,22,26). The zero-order chi connectivity index (χ0) is 21.7. The number of nitrogens with zero attached hydrogens (tertiary/aromatic N) is 2. The number of hydrogen-bond donors (Lipinski definition) is 2. The largest absolute Gasteiger partial charge is 0.494 e. The Hall–Kier alpha value is -2.85. The molecule has 0 atom stereocenters. The SMILES string of the molecule is CCOc1ccc(C(=O)NNC(=O)c2cc(S(=O)(=O)N3CCCCC3)cn2C)cc1. The molecular formula is C20H26N4O5S. The maximum absolute atomic E-state index is 12.8. The normalized spacial score (nSPS) is 14.9. The average molecular weight is 435 g/mol. The molecule has 1 aromatic heterocycles. The van der Waals surface area contributed by atoms with E-state index in [1.807, 2.05) is 6.92 Å². The van der Waals surface area contributed by atoms with Crippen LogP contribution in [0.15, 0.2) is 41.4 Å². The van der Waals surface area contributed by atoms with Gasteiger partial charge >= 0.3 is 0 Å². The Kier molecular flexibility index (Phi) is 6.78. The second-order valence-electron chi connectivity index (χ2n) is 7.00. The lowest BCUT2D eigenvalue weighted by atomic mass is 10.2. The van der Waals surface area contributed by atoms with Gasteiger partial charge in [0, 0.05) is 31.9 Å². The molecule has 10 heteroatoms. The van der Waals surface area contributed by atoms with E-state index in [1.165, 1.54) is 21.1 Å². The number of aryl methyl sites for hydroxylation is 1. The Bertz CT molecular complexity index is 1010. The zero-order valence-corrected chi connectivity index (χ0v) is 17.9. The van der Waals surface area contributed by atoms with Gasteiger partial charge in [-0.15, -0.1) is 0 Å². The van der Waals surface area contributed by atoms with Gasteiger partial charge in [-0.2, -0.15) is 4.31 Å². The fourth-order valence-corrected chi connectivity index (χ4v) is 4.86. The summed E-state index contributed by atoms with van der Waals surface area (Å²) in [6.07, 6.45) is 4.09. The molecule has 1 aliphatic heterocycles. The van der Waals surface area contributed by atoms with Gasteiger partial charge < -0.3 is 9.30 Å². The number of ether oxygens (including phenoxy) is 1. The van der Waals surface area contributed by atoms with Gasteiger partial charge in [-0.1, -0.05) is 6.42 Å². The van der Waals surface area contributed by atoms with Crippen LogP contribution in [0.5, 0.6) is 5.75 Å². The number of benzene rings is 1. The first kappa shape index (κ1) is 21.8. The molecular weight excluding hydrogens is 408 g/mol. The fraction of sp³-hybridized carbons (Fsp3) is 0.400. The fourth-order valence-electron chi connectivity index (χ4n) is 3.27. The van der Waals surface area contributed by atoms with Gasteiger partial charge in [0.15, 0.2) is 0 Å². The summed E-state index contributed by atoms with van der Waals surface area (Å²) in [6, 6.07) is 7.81. The average Bonchev–Trinajstić information content (AvgIpc) is 3.16. The monoisotopic (exact) mass is 434 g/mol. The van der Waals surface area contributed by atoms with Crippen molar-refractivity contribution in [3.63, 3.8) is 0 Å². The van der Waals surface area contributed by atoms with Crippen LogP contribution in [0.25, 0.3) is 0 Å². The number of piperidine rings is 1. The van der Waals surface area contributed by atoms with Gasteiger partial charge in [0.05, 0.1) is 6.61 Å². The van der Waals surface area contributed by atoms with Crippen LogP contribution < -0.4 is 15.6 Å². The van der Waals surface area contributed by atoms with E-state index in [4.69, 9.17) is 4.74 Å². The van der Waals surface area contributed by atoms with E-state index in [2.05, 4.69) is 10.9 Å². The van der Waals surface area contributed by atoms with Crippen LogP contribution >= 0.6 is 0 Å². The third kappa shape index (κ3) is 4.82. The van der Waals surface area contributed by atoms with E-state index in [-0.39, 0.29) is 10.6 Å². The summed E-state index contributed by atoms with van der Waals surface area (Å²) in [4.78, 5) is 24.8. The minimum absolute atomic E-state index is 0.0647. The predicted octanol–water partition coefficient (Wildman–Crippen LogP) is 1.67. The van der Waals surface area contributed by atoms with Crippen LogP contribution in [-0.4, -0.2) is 48.8 Å². The molecule has 2 aromatic rings. The van der Waals surface area contributed by atoms with Crippen molar-refractivity contribution >= 4 is 21.8 Å². The molecule has 1 aliphatic rings. The number of rotatable bonds is 6. The second-order valence-corrected chi connectivity index (χ2v) is 8.94. The number of hydrogen-bond acceptors (Lipinski definition) is 5. The Labute approximate surface area is 176 Å². The molecule has 1 aromatic carbocycles. The van der Waals surface area contributed by atoms with E-state index in [1.54, 1.807) is 31.3 Å². The highest BCUT2D eigenvalue weighted by molar-refractivity contribution is 7.89. The lowest BCUT2D eigenvalue weighted by Gasteiger charge is -2.25. The van der Waals surface area contributed by atoms with Crippen molar-refractivity contribution in [1.82, 2.24) is 19.7 Å². The smallest absolute Gasteiger partial charge is 0.286 e. The molecule has 0 bridgehead atoms. The molecule has 0 radical (unpaired) electrons. The first-order valence-corrected chi connectivity index (χ1v) is 11.3. The molecule has 0 aliphatic carbocycles. The van der Waals surface area contributed by atoms with Gasteiger partial charge in [-0.05, 0) is 50.1 Å². The van der Waals surface area contributed by atoms with Crippen LogP contribution in [0.1, 0.15) is 47.0 Å². The number of sulfonamides is 1. The van der Waals surface area contributed by atoms with Gasteiger partial charge in [0.1, 0.15) is 16.3 Å². The molecule has 0 spiro atoms. The Morgan fingerprint density at radius 2 is 1.67 bits per heavy atom. The molecule has 30 heavy (non-hydrogen) atoms. The molecule has 1 saturated heterocycles. The zero-order valence-electron chi connectivity index (χ0n) is 17.1. The molecule has 9 nitrogen and oxygen atoms in total. The van der Waals surface area contributed by atoms with Crippen molar-refractivity contribution in [2.75, 3.05) is 19.7 Å². The lowest BCUT2D eigenvalue weighted by molar-refractivity contribution is 0.0842. The maximum atomic E-state index is 12.8. The molecule has 0 unspecified atom stereocenters. The van der Waals surface area contributed by atoms with Crippen LogP contribution in [0.3, 0.4) is 0 Å². The number of carbonyl (C=O) groups excluding carboxylic acids is 2. The maximum Gasteiger partial charge on any atom is 0.286 e. The Morgan fingerprint density at radius 3 is 2.30 bits per heavy atom. The van der Waals surface area contributed by atoms with Crippen molar-refractivity contribution in [3.05, 3.63) is 47.8 Å². The number of amides is 2. The summed E-state index contributed by atoms with van der Waals surface area (Å²) in [5, 5.41) is 0. The predicted molar refractivity (Wildman–Crippen MR) is 111 cm³/mol. The van der Waals surface area contributed by atoms with Gasteiger partial charge in [-0.3, -0.25) is 20.4 Å². The van der Waals surface area contributed by atoms with E-state index >= 15 is 0 Å². The summed E-state index contributed by atoms with van der Waals surface area (Å²) in [6.45, 7) is 3.35. The lowest BCUT2D eigenvalue weighted by Crippen LogP contribution is -2.42. The number of carbonyl (C=O) groups is 2. The summed E-state index contributed by atoms with van der Waals surface area (Å²) in [7, 11) is -2.07. The first-order chi connectivity index (χ1) is 14.3. The second kappa shape index (κ2) is 9.31. The third-order valence-corrected chi connectivity index (χ3v) is 6.75. The van der Waals surface area contributed by atoms with Crippen molar-refractivity contribution in [3.8, 4) is 5.75 Å². The van der Waals surface area contributed by atoms with E-state index < -0.39 is 21.8 Å². The summed E-state index contributed by atoms with van der Waals surface area (Å²) in [5.41, 5.74) is 5.13. The number of hydrazine groups is 1. The summed E-state index contributed by atoms with van der Waals surface area (Å²) in [5.74, 6) is -0.469. The molecule has 2 N–H and O–H groups in total. The molecule has 1 fully saturated rings. The minimum Gasteiger partial charge on any atom is -0.494 e. The molecule has 2 heterocycles. The van der Waals surface area contributed by atoms with Crippen molar-refractivity contribution in [2.24, 2.45) is 7.05 Å². The quantitative estimate of drug-likeness (QED) is 0.672. The summed E-state index contributed by atoms with van der Waals surface area (Å²) >= 11 is 0. The molecule has 3 rings (SSSR count). The Morgan fingerprint density at radius 1 is 1.03 bits per heavy atom. The van der Waals surface area contributed by atoms with Gasteiger partial charge in [-0.25, -0.2) is 8.42 Å². The number of aromatic nitrogens is 1. The molecule has 2 amide bonds. The van der Waals surface area contributed by atoms with E-state index in [0.29, 0.717) is 31.0 Å². The van der Waals surface area contributed by atoms with Crippen molar-refractivity contribution < 1.29 is 22.7 Å². The highest BCUT2D eigenvalue weighted by Crippen LogP contribution is 2.22. The van der Waals surface area contributed by atoms with Crippen LogP contribution in [0, 0.1) is 0 Å². The number of nitrogens with one attached hydrogen (secondary N) is 2. The first-order valence-electron chi connectivity index (χ1n) is 9.83. The highest BCUT2D eigenvalue weighted by atomic mass is 32.2. The van der Waals surface area contributed by atoms with Crippen LogP contribution in [0.4, 0.5) is 0 Å². The van der Waals surface area contributed by atoms with E-state index in [0.717, 1.165) is 19.3 Å². The van der Waals surface area contributed by atoms with Crippen molar-refractivity contribution in [2.45, 2.75) is 31.1 Å². The third-order valence-electron chi connectivity index (χ3n) is 4.88. The topological polar surface area (TPSA) is 110 Å².